The summed E-state index contributed by atoms with van der Waals surface area (Å²) in [6.07, 6.45) is 0.870. The molecule has 154 valence electrons. The van der Waals surface area contributed by atoms with Crippen LogP contribution in [0.25, 0.3) is 10.8 Å². The van der Waals surface area contributed by atoms with Gasteiger partial charge in [0.1, 0.15) is 5.75 Å². The van der Waals surface area contributed by atoms with Gasteiger partial charge in [0.25, 0.3) is 0 Å². The monoisotopic (exact) mass is 398 g/mol. The number of hydrogen-bond acceptors (Lipinski definition) is 4. The van der Waals surface area contributed by atoms with Crippen LogP contribution in [0.15, 0.2) is 42.5 Å². The molecule has 2 aromatic carbocycles. The Morgan fingerprint density at radius 2 is 1.45 bits per heavy atom. The summed E-state index contributed by atoms with van der Waals surface area (Å²) in [6.45, 7) is 2.28. The third-order valence-electron chi connectivity index (χ3n) is 5.09. The molecule has 29 heavy (non-hydrogen) atoms. The van der Waals surface area contributed by atoms with Crippen molar-refractivity contribution >= 4 is 28.6 Å². The maximum absolute atomic E-state index is 12.5. The van der Waals surface area contributed by atoms with Crippen molar-refractivity contribution < 1.29 is 24.2 Å². The Balaban J connectivity index is 1.41. The Morgan fingerprint density at radius 1 is 0.828 bits per heavy atom. The largest absolute Gasteiger partial charge is 0.492 e. The number of ether oxygens (including phenoxy) is 1. The average Bonchev–Trinajstić information content (AvgIpc) is 2.73. The van der Waals surface area contributed by atoms with E-state index in [2.05, 4.69) is 0 Å². The molecule has 1 fully saturated rings. The summed E-state index contributed by atoms with van der Waals surface area (Å²) in [7, 11) is 0. The number of carboxylic acids is 1. The fraction of sp³-hybridized carbons (Fsp3) is 0.409. The zero-order valence-electron chi connectivity index (χ0n) is 16.4. The number of aliphatic carboxylic acids is 1. The van der Waals surface area contributed by atoms with E-state index >= 15 is 0 Å². The SMILES string of the molecule is O=C(O)CCCC(=O)N1CCN(C(=O)CCOc2cccc3ccccc23)CC1. The van der Waals surface area contributed by atoms with E-state index in [0.717, 1.165) is 16.5 Å². The zero-order valence-corrected chi connectivity index (χ0v) is 16.4. The van der Waals surface area contributed by atoms with Crippen LogP contribution in [-0.2, 0) is 14.4 Å². The van der Waals surface area contributed by atoms with Gasteiger partial charge in [-0.2, -0.15) is 0 Å². The lowest BCUT2D eigenvalue weighted by Crippen LogP contribution is -2.50. The molecule has 1 aliphatic heterocycles. The summed E-state index contributed by atoms with van der Waals surface area (Å²) in [6, 6.07) is 13.8. The van der Waals surface area contributed by atoms with Gasteiger partial charge in [-0.15, -0.1) is 0 Å². The first kappa shape index (κ1) is 20.6. The third-order valence-corrected chi connectivity index (χ3v) is 5.09. The van der Waals surface area contributed by atoms with Crippen LogP contribution in [0.3, 0.4) is 0 Å². The molecule has 7 heteroatoms. The van der Waals surface area contributed by atoms with E-state index < -0.39 is 5.97 Å². The maximum Gasteiger partial charge on any atom is 0.303 e. The van der Waals surface area contributed by atoms with Crippen molar-refractivity contribution in [3.8, 4) is 5.75 Å². The number of hydrogen-bond donors (Lipinski definition) is 1. The second-order valence-corrected chi connectivity index (χ2v) is 7.08. The lowest BCUT2D eigenvalue weighted by molar-refractivity contribution is -0.140. The molecule has 1 N–H and O–H groups in total. The number of fused-ring (bicyclic) bond motifs is 1. The van der Waals surface area contributed by atoms with Crippen LogP contribution in [0.2, 0.25) is 0 Å². The first-order chi connectivity index (χ1) is 14.0. The van der Waals surface area contributed by atoms with Gasteiger partial charge in [-0.25, -0.2) is 0 Å². The Labute approximate surface area is 169 Å². The fourth-order valence-electron chi connectivity index (χ4n) is 3.48. The highest BCUT2D eigenvalue weighted by atomic mass is 16.5. The van der Waals surface area contributed by atoms with Crippen LogP contribution < -0.4 is 4.74 Å². The predicted octanol–water partition coefficient (Wildman–Crippen LogP) is 2.53. The summed E-state index contributed by atoms with van der Waals surface area (Å²) >= 11 is 0. The van der Waals surface area contributed by atoms with E-state index in [4.69, 9.17) is 9.84 Å². The van der Waals surface area contributed by atoms with Crippen molar-refractivity contribution in [1.82, 2.24) is 9.80 Å². The minimum atomic E-state index is -0.890. The molecule has 3 rings (SSSR count). The highest BCUT2D eigenvalue weighted by Gasteiger charge is 2.23. The molecule has 0 saturated carbocycles. The van der Waals surface area contributed by atoms with Gasteiger partial charge in [-0.1, -0.05) is 36.4 Å². The Kier molecular flexibility index (Phi) is 7.05. The van der Waals surface area contributed by atoms with Crippen LogP contribution in [0.4, 0.5) is 0 Å². The standard InChI is InChI=1S/C22H26N2O5/c25-20(9-4-10-22(27)28)23-12-14-24(15-13-23)21(26)11-16-29-19-8-3-6-17-5-1-2-7-18(17)19/h1-3,5-8H,4,9-16H2,(H,27,28). The quantitative estimate of drug-likeness (QED) is 0.738. The number of benzene rings is 2. The Hall–Kier alpha value is -3.09. The molecule has 1 saturated heterocycles. The first-order valence-corrected chi connectivity index (χ1v) is 9.92. The molecule has 0 spiro atoms. The van der Waals surface area contributed by atoms with Crippen molar-refractivity contribution in [3.05, 3.63) is 42.5 Å². The topological polar surface area (TPSA) is 87.2 Å². The van der Waals surface area contributed by atoms with Crippen molar-refractivity contribution in [2.45, 2.75) is 25.7 Å². The van der Waals surface area contributed by atoms with E-state index in [1.807, 2.05) is 42.5 Å². The van der Waals surface area contributed by atoms with E-state index in [9.17, 15) is 14.4 Å². The summed E-state index contributed by atoms with van der Waals surface area (Å²) in [5, 5.41) is 10.8. The van der Waals surface area contributed by atoms with Crippen LogP contribution in [0, 0.1) is 0 Å². The second-order valence-electron chi connectivity index (χ2n) is 7.08. The molecule has 1 heterocycles. The first-order valence-electron chi connectivity index (χ1n) is 9.92. The third kappa shape index (κ3) is 5.70. The summed E-state index contributed by atoms with van der Waals surface area (Å²) < 4.78 is 5.84. The molecule has 0 aliphatic carbocycles. The summed E-state index contributed by atoms with van der Waals surface area (Å²) in [4.78, 5) is 38.6. The van der Waals surface area contributed by atoms with Crippen LogP contribution >= 0.6 is 0 Å². The minimum absolute atomic E-state index is 0.000884. The van der Waals surface area contributed by atoms with Gasteiger partial charge in [0.15, 0.2) is 0 Å². The number of carboxylic acid groups (broad SMARTS) is 1. The normalized spacial score (nSPS) is 14.1. The van der Waals surface area contributed by atoms with Gasteiger partial charge in [0.2, 0.25) is 11.8 Å². The van der Waals surface area contributed by atoms with Crippen molar-refractivity contribution in [1.29, 1.82) is 0 Å². The van der Waals surface area contributed by atoms with E-state index in [1.165, 1.54) is 0 Å². The van der Waals surface area contributed by atoms with Gasteiger partial charge >= 0.3 is 5.97 Å². The summed E-state index contributed by atoms with van der Waals surface area (Å²) in [5.74, 6) is -0.146. The molecule has 0 radical (unpaired) electrons. The number of rotatable bonds is 8. The molecule has 7 nitrogen and oxygen atoms in total. The van der Waals surface area contributed by atoms with Gasteiger partial charge in [0, 0.05) is 44.4 Å². The average molecular weight is 398 g/mol. The molecule has 0 aromatic heterocycles. The number of piperazine rings is 1. The van der Waals surface area contributed by atoms with Crippen molar-refractivity contribution in [3.63, 3.8) is 0 Å². The van der Waals surface area contributed by atoms with Gasteiger partial charge in [-0.3, -0.25) is 14.4 Å². The smallest absolute Gasteiger partial charge is 0.303 e. The highest BCUT2D eigenvalue weighted by molar-refractivity contribution is 5.88. The number of carbonyl (C=O) groups excluding carboxylic acids is 2. The lowest BCUT2D eigenvalue weighted by atomic mass is 10.1. The molecule has 1 aliphatic rings. The molecular formula is C22H26N2O5. The lowest BCUT2D eigenvalue weighted by Gasteiger charge is -2.35. The highest BCUT2D eigenvalue weighted by Crippen LogP contribution is 2.25. The van der Waals surface area contributed by atoms with E-state index in [-0.39, 0.29) is 31.1 Å². The molecule has 2 aromatic rings. The number of amides is 2. The number of carbonyl (C=O) groups is 3. The summed E-state index contributed by atoms with van der Waals surface area (Å²) in [5.41, 5.74) is 0. The second kappa shape index (κ2) is 9.91. The molecule has 0 atom stereocenters. The predicted molar refractivity (Wildman–Crippen MR) is 109 cm³/mol. The maximum atomic E-state index is 12.5. The van der Waals surface area contributed by atoms with Crippen LogP contribution in [-0.4, -0.2) is 65.5 Å². The van der Waals surface area contributed by atoms with Crippen LogP contribution in [0.5, 0.6) is 5.75 Å². The Morgan fingerprint density at radius 3 is 2.14 bits per heavy atom. The fourth-order valence-corrected chi connectivity index (χ4v) is 3.48. The van der Waals surface area contributed by atoms with Crippen LogP contribution in [0.1, 0.15) is 25.7 Å². The van der Waals surface area contributed by atoms with E-state index in [0.29, 0.717) is 39.2 Å². The van der Waals surface area contributed by atoms with E-state index in [1.54, 1.807) is 9.80 Å². The molecule has 0 unspecified atom stereocenters. The molecular weight excluding hydrogens is 372 g/mol. The number of nitrogens with zero attached hydrogens (tertiary/aromatic N) is 2. The van der Waals surface area contributed by atoms with Crippen molar-refractivity contribution in [2.24, 2.45) is 0 Å². The van der Waals surface area contributed by atoms with Gasteiger partial charge in [0.05, 0.1) is 13.0 Å². The zero-order chi connectivity index (χ0) is 20.6. The van der Waals surface area contributed by atoms with Gasteiger partial charge in [-0.05, 0) is 17.9 Å². The molecule has 0 bridgehead atoms. The van der Waals surface area contributed by atoms with Crippen molar-refractivity contribution in [2.75, 3.05) is 32.8 Å². The molecule has 2 amide bonds. The Bertz CT molecular complexity index is 869. The van der Waals surface area contributed by atoms with Gasteiger partial charge < -0.3 is 19.6 Å². The minimum Gasteiger partial charge on any atom is -0.492 e.